The van der Waals surface area contributed by atoms with E-state index in [1.165, 1.54) is 0 Å². The lowest BCUT2D eigenvalue weighted by Gasteiger charge is -2.15. The number of Topliss-reactive ketones (excluding diaryl/α,β-unsaturated/α-hetero) is 1. The Hall–Kier alpha value is -2.13. The molecule has 1 N–H and O–H groups in total. The Morgan fingerprint density at radius 1 is 1.00 bits per heavy atom. The zero-order valence-electron chi connectivity index (χ0n) is 9.82. The molecule has 0 aliphatic heterocycles. The first-order valence-corrected chi connectivity index (χ1v) is 5.73. The lowest BCUT2D eigenvalue weighted by molar-refractivity contribution is 0.0659. The second-order valence-corrected chi connectivity index (χ2v) is 3.83. The molecule has 2 aromatic carbocycles. The van der Waals surface area contributed by atoms with E-state index in [4.69, 9.17) is 4.74 Å². The average molecular weight is 242 g/mol. The molecule has 0 saturated carbocycles. The van der Waals surface area contributed by atoms with E-state index < -0.39 is 6.10 Å². The molecule has 0 aliphatic rings. The van der Waals surface area contributed by atoms with Gasteiger partial charge >= 0.3 is 0 Å². The number of benzene rings is 2. The van der Waals surface area contributed by atoms with Gasteiger partial charge in [-0.1, -0.05) is 48.5 Å². The van der Waals surface area contributed by atoms with E-state index in [1.54, 1.807) is 36.4 Å². The van der Waals surface area contributed by atoms with Crippen LogP contribution in [0.15, 0.2) is 60.7 Å². The third-order valence-electron chi connectivity index (χ3n) is 2.54. The van der Waals surface area contributed by atoms with Gasteiger partial charge in [-0.25, -0.2) is 0 Å². The van der Waals surface area contributed by atoms with Crippen molar-refractivity contribution in [1.29, 1.82) is 0 Å². The summed E-state index contributed by atoms with van der Waals surface area (Å²) >= 11 is 0. The summed E-state index contributed by atoms with van der Waals surface area (Å²) in [6.07, 6.45) is -0.866. The number of ketones is 1. The predicted molar refractivity (Wildman–Crippen MR) is 68.7 cm³/mol. The van der Waals surface area contributed by atoms with Gasteiger partial charge in [0, 0.05) is 5.56 Å². The van der Waals surface area contributed by atoms with Crippen molar-refractivity contribution in [2.45, 2.75) is 6.10 Å². The van der Waals surface area contributed by atoms with Crippen LogP contribution >= 0.6 is 0 Å². The molecule has 0 heterocycles. The second-order valence-electron chi connectivity index (χ2n) is 3.83. The van der Waals surface area contributed by atoms with Crippen molar-refractivity contribution in [3.8, 4) is 5.75 Å². The molecule has 0 bridgehead atoms. The number of aliphatic hydroxyl groups excluding tert-OH is 1. The van der Waals surface area contributed by atoms with Gasteiger partial charge in [-0.05, 0) is 12.1 Å². The van der Waals surface area contributed by atoms with Crippen LogP contribution in [0.5, 0.6) is 5.75 Å². The topological polar surface area (TPSA) is 46.5 Å². The van der Waals surface area contributed by atoms with E-state index in [0.29, 0.717) is 11.3 Å². The van der Waals surface area contributed by atoms with Crippen molar-refractivity contribution >= 4 is 5.78 Å². The van der Waals surface area contributed by atoms with E-state index in [2.05, 4.69) is 0 Å². The maximum absolute atomic E-state index is 12.1. The van der Waals surface area contributed by atoms with Gasteiger partial charge in [0.15, 0.2) is 6.10 Å². The number of carbonyl (C=O) groups excluding carboxylic acids is 1. The third kappa shape index (κ3) is 2.96. The summed E-state index contributed by atoms with van der Waals surface area (Å²) in [5, 5.41) is 9.27. The number of para-hydroxylation sites is 1. The molecule has 92 valence electrons. The van der Waals surface area contributed by atoms with Crippen LogP contribution in [0, 0.1) is 0 Å². The summed E-state index contributed by atoms with van der Waals surface area (Å²) in [6, 6.07) is 17.8. The van der Waals surface area contributed by atoms with Crippen LogP contribution in [-0.4, -0.2) is 23.6 Å². The van der Waals surface area contributed by atoms with E-state index in [-0.39, 0.29) is 12.4 Å². The molecule has 3 nitrogen and oxygen atoms in total. The lowest BCUT2D eigenvalue weighted by Crippen LogP contribution is -2.31. The lowest BCUT2D eigenvalue weighted by atomic mass is 10.1. The maximum atomic E-state index is 12.1. The highest BCUT2D eigenvalue weighted by atomic mass is 16.5. The Balaban J connectivity index is 2.12. The normalized spacial score (nSPS) is 11.8. The van der Waals surface area contributed by atoms with Crippen molar-refractivity contribution in [3.63, 3.8) is 0 Å². The van der Waals surface area contributed by atoms with Crippen LogP contribution < -0.4 is 4.74 Å². The van der Waals surface area contributed by atoms with Crippen molar-refractivity contribution in [2.24, 2.45) is 0 Å². The number of rotatable bonds is 5. The molecular weight excluding hydrogens is 228 g/mol. The number of hydrogen-bond donors (Lipinski definition) is 1. The zero-order chi connectivity index (χ0) is 12.8. The minimum atomic E-state index is -0.866. The van der Waals surface area contributed by atoms with Gasteiger partial charge in [0.2, 0.25) is 5.78 Å². The quantitative estimate of drug-likeness (QED) is 0.818. The summed E-state index contributed by atoms with van der Waals surface area (Å²) in [4.78, 5) is 12.1. The Kier molecular flexibility index (Phi) is 4.10. The highest BCUT2D eigenvalue weighted by Crippen LogP contribution is 2.13. The fourth-order valence-electron chi connectivity index (χ4n) is 1.63. The Labute approximate surface area is 106 Å². The number of hydrogen-bond acceptors (Lipinski definition) is 3. The molecule has 2 aromatic rings. The van der Waals surface area contributed by atoms with Crippen LogP contribution in [0.1, 0.15) is 10.4 Å². The maximum Gasteiger partial charge on any atom is 0.205 e. The highest BCUT2D eigenvalue weighted by molar-refractivity contribution is 5.99. The second kappa shape index (κ2) is 5.98. The molecule has 0 saturated heterocycles. The summed E-state index contributed by atoms with van der Waals surface area (Å²) in [6.45, 7) is -0.345. The molecule has 1 atom stereocenters. The van der Waals surface area contributed by atoms with Gasteiger partial charge in [-0.3, -0.25) is 4.79 Å². The molecule has 18 heavy (non-hydrogen) atoms. The number of ether oxygens (including phenoxy) is 1. The average Bonchev–Trinajstić information content (AvgIpc) is 2.46. The van der Waals surface area contributed by atoms with Gasteiger partial charge in [-0.15, -0.1) is 0 Å². The van der Waals surface area contributed by atoms with Gasteiger partial charge in [0.05, 0.1) is 6.61 Å². The summed E-state index contributed by atoms with van der Waals surface area (Å²) in [7, 11) is 0. The number of carbonyl (C=O) groups is 1. The molecular formula is C15H14O3. The number of aliphatic hydroxyl groups is 1. The van der Waals surface area contributed by atoms with Crippen LogP contribution in [0.2, 0.25) is 0 Å². The Morgan fingerprint density at radius 2 is 1.56 bits per heavy atom. The van der Waals surface area contributed by atoms with Gasteiger partial charge in [0.25, 0.3) is 0 Å². The fraction of sp³-hybridized carbons (Fsp3) is 0.133. The van der Waals surface area contributed by atoms with Crippen LogP contribution in [0.25, 0.3) is 0 Å². The largest absolute Gasteiger partial charge is 0.480 e. The van der Waals surface area contributed by atoms with Crippen LogP contribution in [-0.2, 0) is 0 Å². The van der Waals surface area contributed by atoms with Gasteiger partial charge in [-0.2, -0.15) is 0 Å². The smallest absolute Gasteiger partial charge is 0.205 e. The Morgan fingerprint density at radius 3 is 2.11 bits per heavy atom. The zero-order valence-corrected chi connectivity index (χ0v) is 9.82. The summed E-state index contributed by atoms with van der Waals surface area (Å²) in [5.41, 5.74) is 0.535. The molecule has 2 rings (SSSR count). The predicted octanol–water partition coefficient (Wildman–Crippen LogP) is 2.31. The summed E-state index contributed by atoms with van der Waals surface area (Å²) < 4.78 is 5.48. The van der Waals surface area contributed by atoms with E-state index in [0.717, 1.165) is 0 Å². The van der Waals surface area contributed by atoms with E-state index in [1.807, 2.05) is 24.3 Å². The minimum absolute atomic E-state index is 0.220. The SMILES string of the molecule is O=C(c1ccccc1)C(CO)Oc1ccccc1. The van der Waals surface area contributed by atoms with Gasteiger partial charge < -0.3 is 9.84 Å². The minimum Gasteiger partial charge on any atom is -0.480 e. The fourth-order valence-corrected chi connectivity index (χ4v) is 1.63. The molecule has 1 unspecified atom stereocenters. The first-order chi connectivity index (χ1) is 8.81. The summed E-state index contributed by atoms with van der Waals surface area (Å²) in [5.74, 6) is 0.350. The van der Waals surface area contributed by atoms with E-state index >= 15 is 0 Å². The van der Waals surface area contributed by atoms with Crippen molar-refractivity contribution in [1.82, 2.24) is 0 Å². The van der Waals surface area contributed by atoms with Crippen molar-refractivity contribution in [2.75, 3.05) is 6.61 Å². The molecule has 0 radical (unpaired) electrons. The Bertz CT molecular complexity index is 494. The standard InChI is InChI=1S/C15H14O3/c16-11-14(18-13-9-5-2-6-10-13)15(17)12-7-3-1-4-8-12/h1-10,14,16H,11H2. The monoisotopic (exact) mass is 242 g/mol. The molecule has 0 aliphatic carbocycles. The molecule has 3 heteroatoms. The first-order valence-electron chi connectivity index (χ1n) is 5.73. The van der Waals surface area contributed by atoms with E-state index in [9.17, 15) is 9.90 Å². The highest BCUT2D eigenvalue weighted by Gasteiger charge is 2.20. The molecule has 0 aromatic heterocycles. The molecule has 0 fully saturated rings. The van der Waals surface area contributed by atoms with Crippen molar-refractivity contribution < 1.29 is 14.6 Å². The molecule has 0 spiro atoms. The van der Waals surface area contributed by atoms with Gasteiger partial charge in [0.1, 0.15) is 5.75 Å². The van der Waals surface area contributed by atoms with Crippen LogP contribution in [0.4, 0.5) is 0 Å². The third-order valence-corrected chi connectivity index (χ3v) is 2.54. The first kappa shape index (κ1) is 12.3. The van der Waals surface area contributed by atoms with Crippen LogP contribution in [0.3, 0.4) is 0 Å². The molecule has 0 amide bonds. The van der Waals surface area contributed by atoms with Crippen molar-refractivity contribution in [3.05, 3.63) is 66.2 Å².